The van der Waals surface area contributed by atoms with Crippen molar-refractivity contribution in [3.05, 3.63) is 30.0 Å². The van der Waals surface area contributed by atoms with E-state index in [-0.39, 0.29) is 6.04 Å². The number of carbonyl (C=O) groups excluding carboxylic acids is 1. The zero-order valence-corrected chi connectivity index (χ0v) is 15.6. The van der Waals surface area contributed by atoms with Crippen LogP contribution in [0.25, 0.3) is 10.9 Å². The molecule has 1 aromatic heterocycles. The molecule has 1 amide bonds. The maximum absolute atomic E-state index is 11.9. The number of rotatable bonds is 7. The number of hydrogen-bond acceptors (Lipinski definition) is 4. The lowest BCUT2D eigenvalue weighted by molar-refractivity contribution is 0.0508. The number of methoxy groups -OCH3 is 1. The Kier molecular flexibility index (Phi) is 6.31. The highest BCUT2D eigenvalue weighted by molar-refractivity contribution is 5.88. The highest BCUT2D eigenvalue weighted by Crippen LogP contribution is 2.28. The van der Waals surface area contributed by atoms with E-state index < -0.39 is 11.7 Å². The fraction of sp³-hybridized carbons (Fsp3) is 0.526. The third-order valence-corrected chi connectivity index (χ3v) is 3.60. The van der Waals surface area contributed by atoms with E-state index >= 15 is 0 Å². The summed E-state index contributed by atoms with van der Waals surface area (Å²) in [5.74, 6) is 0.800. The minimum atomic E-state index is -0.501. The molecule has 0 aliphatic rings. The van der Waals surface area contributed by atoms with Gasteiger partial charge in [-0.3, -0.25) is 0 Å². The number of H-pyrrole nitrogens is 1. The van der Waals surface area contributed by atoms with E-state index in [2.05, 4.69) is 10.3 Å². The van der Waals surface area contributed by atoms with Crippen LogP contribution in [0.4, 0.5) is 4.79 Å². The number of hydrogen-bond donors (Lipinski definition) is 2. The summed E-state index contributed by atoms with van der Waals surface area (Å²) in [7, 11) is 1.65. The Morgan fingerprint density at radius 2 is 2.04 bits per heavy atom. The predicted molar refractivity (Wildman–Crippen MR) is 98.2 cm³/mol. The summed E-state index contributed by atoms with van der Waals surface area (Å²) in [6, 6.07) is 5.89. The molecule has 1 aromatic carbocycles. The zero-order valence-electron chi connectivity index (χ0n) is 15.6. The van der Waals surface area contributed by atoms with Crippen LogP contribution in [0, 0.1) is 0 Å². The van der Waals surface area contributed by atoms with Crippen LogP contribution in [-0.4, -0.2) is 43.0 Å². The van der Waals surface area contributed by atoms with Crippen molar-refractivity contribution in [2.24, 2.45) is 0 Å². The molecule has 0 aliphatic carbocycles. The first kappa shape index (κ1) is 19.1. The van der Waals surface area contributed by atoms with Crippen LogP contribution >= 0.6 is 0 Å². The van der Waals surface area contributed by atoms with Gasteiger partial charge in [0.2, 0.25) is 0 Å². The molecule has 2 aromatic rings. The van der Waals surface area contributed by atoms with Crippen molar-refractivity contribution in [2.75, 3.05) is 20.3 Å². The van der Waals surface area contributed by atoms with Crippen LogP contribution in [0.2, 0.25) is 0 Å². The van der Waals surface area contributed by atoms with Gasteiger partial charge in [-0.15, -0.1) is 0 Å². The molecular weight excluding hydrogens is 320 g/mol. The highest BCUT2D eigenvalue weighted by atomic mass is 16.6. The van der Waals surface area contributed by atoms with Gasteiger partial charge in [0.1, 0.15) is 18.0 Å². The molecule has 138 valence electrons. The Hall–Kier alpha value is -2.21. The molecule has 0 fully saturated rings. The largest absolute Gasteiger partial charge is 0.489 e. The van der Waals surface area contributed by atoms with Gasteiger partial charge in [0, 0.05) is 24.7 Å². The van der Waals surface area contributed by atoms with Gasteiger partial charge >= 0.3 is 6.09 Å². The standard InChI is InChI=1S/C19H28N2O4/c1-13(21-18(22)25-19(2,3)4)11-14-12-20-17-15(14)7-6-8-16(17)24-10-9-23-5/h6-8,12-13,20H,9-11H2,1-5H3,(H,21,22)/t13-/m1/s1. The molecule has 6 heteroatoms. The van der Waals surface area contributed by atoms with Crippen LogP contribution < -0.4 is 10.1 Å². The lowest BCUT2D eigenvalue weighted by Gasteiger charge is -2.21. The average molecular weight is 348 g/mol. The minimum Gasteiger partial charge on any atom is -0.489 e. The first-order valence-corrected chi connectivity index (χ1v) is 8.50. The second-order valence-electron chi connectivity index (χ2n) is 7.09. The van der Waals surface area contributed by atoms with Gasteiger partial charge in [-0.25, -0.2) is 4.79 Å². The number of fused-ring (bicyclic) bond motifs is 1. The summed E-state index contributed by atoms with van der Waals surface area (Å²) < 4.78 is 16.1. The Labute approximate surface area is 148 Å². The van der Waals surface area contributed by atoms with Gasteiger partial charge < -0.3 is 24.5 Å². The monoisotopic (exact) mass is 348 g/mol. The molecule has 0 radical (unpaired) electrons. The second kappa shape index (κ2) is 8.25. The molecule has 2 rings (SSSR count). The molecule has 0 saturated heterocycles. The van der Waals surface area contributed by atoms with Crippen LogP contribution in [0.15, 0.2) is 24.4 Å². The SMILES string of the molecule is COCCOc1cccc2c(C[C@@H](C)NC(=O)OC(C)(C)C)c[nH]c12. The molecule has 6 nitrogen and oxygen atoms in total. The average Bonchev–Trinajstić information content (AvgIpc) is 2.89. The summed E-state index contributed by atoms with van der Waals surface area (Å²) in [5, 5.41) is 3.96. The van der Waals surface area contributed by atoms with E-state index in [9.17, 15) is 4.79 Å². The smallest absolute Gasteiger partial charge is 0.407 e. The zero-order chi connectivity index (χ0) is 18.4. The first-order chi connectivity index (χ1) is 11.8. The molecule has 25 heavy (non-hydrogen) atoms. The van der Waals surface area contributed by atoms with Crippen LogP contribution in [0.5, 0.6) is 5.75 Å². The number of carbonyl (C=O) groups is 1. The van der Waals surface area contributed by atoms with Crippen molar-refractivity contribution >= 4 is 17.0 Å². The van der Waals surface area contributed by atoms with Gasteiger partial charge in [-0.05, 0) is 45.7 Å². The summed E-state index contributed by atoms with van der Waals surface area (Å²) in [4.78, 5) is 15.2. The van der Waals surface area contributed by atoms with Crippen molar-refractivity contribution in [1.29, 1.82) is 0 Å². The normalized spacial score (nSPS) is 12.8. The number of nitrogens with one attached hydrogen (secondary N) is 2. The Bertz CT molecular complexity index is 703. The Morgan fingerprint density at radius 1 is 1.28 bits per heavy atom. The summed E-state index contributed by atoms with van der Waals surface area (Å²) in [5.41, 5.74) is 1.58. The van der Waals surface area contributed by atoms with Crippen LogP contribution in [0.3, 0.4) is 0 Å². The van der Waals surface area contributed by atoms with Gasteiger partial charge in [-0.1, -0.05) is 12.1 Å². The molecule has 0 unspecified atom stereocenters. The number of benzene rings is 1. The van der Waals surface area contributed by atoms with Crippen molar-refractivity contribution in [3.8, 4) is 5.75 Å². The molecule has 0 spiro atoms. The van der Waals surface area contributed by atoms with Crippen molar-refractivity contribution in [3.63, 3.8) is 0 Å². The topological polar surface area (TPSA) is 72.6 Å². The van der Waals surface area contributed by atoms with E-state index in [1.807, 2.05) is 52.1 Å². The summed E-state index contributed by atoms with van der Waals surface area (Å²) in [6.45, 7) is 8.55. The number of aromatic amines is 1. The maximum Gasteiger partial charge on any atom is 0.407 e. The summed E-state index contributed by atoms with van der Waals surface area (Å²) in [6.07, 6.45) is 2.26. The van der Waals surface area contributed by atoms with Gasteiger partial charge in [0.15, 0.2) is 0 Å². The van der Waals surface area contributed by atoms with Gasteiger partial charge in [-0.2, -0.15) is 0 Å². The highest BCUT2D eigenvalue weighted by Gasteiger charge is 2.18. The molecule has 2 N–H and O–H groups in total. The lowest BCUT2D eigenvalue weighted by Crippen LogP contribution is -2.38. The molecule has 0 saturated carbocycles. The van der Waals surface area contributed by atoms with Gasteiger partial charge in [0.25, 0.3) is 0 Å². The van der Waals surface area contributed by atoms with E-state index in [4.69, 9.17) is 14.2 Å². The third-order valence-electron chi connectivity index (χ3n) is 3.60. The van der Waals surface area contributed by atoms with E-state index in [0.717, 1.165) is 22.2 Å². The number of para-hydroxylation sites is 1. The van der Waals surface area contributed by atoms with E-state index in [0.29, 0.717) is 19.6 Å². The Morgan fingerprint density at radius 3 is 2.72 bits per heavy atom. The van der Waals surface area contributed by atoms with Gasteiger partial charge in [0.05, 0.1) is 12.1 Å². The molecule has 0 aliphatic heterocycles. The fourth-order valence-electron chi connectivity index (χ4n) is 2.60. The second-order valence-corrected chi connectivity index (χ2v) is 7.09. The Balaban J connectivity index is 2.04. The lowest BCUT2D eigenvalue weighted by atomic mass is 10.1. The summed E-state index contributed by atoms with van der Waals surface area (Å²) >= 11 is 0. The molecule has 1 atom stereocenters. The quantitative estimate of drug-likeness (QED) is 0.749. The number of aromatic nitrogens is 1. The number of ether oxygens (including phenoxy) is 3. The van der Waals surface area contributed by atoms with E-state index in [1.165, 1.54) is 0 Å². The predicted octanol–water partition coefficient (Wildman–Crippen LogP) is 3.65. The molecule has 0 bridgehead atoms. The van der Waals surface area contributed by atoms with Crippen molar-refractivity contribution < 1.29 is 19.0 Å². The fourth-order valence-corrected chi connectivity index (χ4v) is 2.60. The molecular formula is C19H28N2O4. The van der Waals surface area contributed by atoms with Crippen LogP contribution in [-0.2, 0) is 15.9 Å². The van der Waals surface area contributed by atoms with Crippen molar-refractivity contribution in [2.45, 2.75) is 45.8 Å². The third kappa shape index (κ3) is 5.67. The minimum absolute atomic E-state index is 0.0492. The number of amides is 1. The van der Waals surface area contributed by atoms with Crippen LogP contribution in [0.1, 0.15) is 33.3 Å². The molecule has 1 heterocycles. The maximum atomic E-state index is 11.9. The first-order valence-electron chi connectivity index (χ1n) is 8.50. The van der Waals surface area contributed by atoms with Crippen molar-refractivity contribution in [1.82, 2.24) is 10.3 Å². The number of alkyl carbamates (subject to hydrolysis) is 1. The van der Waals surface area contributed by atoms with E-state index in [1.54, 1.807) is 7.11 Å².